The molecule has 0 atom stereocenters. The van der Waals surface area contributed by atoms with Crippen molar-refractivity contribution in [1.82, 2.24) is 0 Å². The van der Waals surface area contributed by atoms with Gasteiger partial charge in [0.1, 0.15) is 5.75 Å². The third-order valence-electron chi connectivity index (χ3n) is 2.56. The molecule has 0 bridgehead atoms. The van der Waals surface area contributed by atoms with E-state index in [0.717, 1.165) is 42.2 Å². The predicted octanol–water partition coefficient (Wildman–Crippen LogP) is 3.14. The Hall–Kier alpha value is -1.77. The van der Waals surface area contributed by atoms with E-state index in [9.17, 15) is 4.79 Å². The number of hydrogen-bond donors (Lipinski definition) is 1. The number of methoxy groups -OCH3 is 1. The molecule has 0 radical (unpaired) electrons. The highest BCUT2D eigenvalue weighted by Crippen LogP contribution is 2.20. The number of aliphatic carboxylic acids is 1. The molecule has 0 saturated carbocycles. The van der Waals surface area contributed by atoms with Crippen LogP contribution < -0.4 is 4.74 Å². The van der Waals surface area contributed by atoms with E-state index in [-0.39, 0.29) is 0 Å². The molecule has 92 valence electrons. The largest absolute Gasteiger partial charge is 0.497 e. The van der Waals surface area contributed by atoms with Gasteiger partial charge < -0.3 is 9.84 Å². The molecule has 0 amide bonds. The number of hydrogen-bond acceptors (Lipinski definition) is 2. The van der Waals surface area contributed by atoms with Gasteiger partial charge in [-0.2, -0.15) is 0 Å². The van der Waals surface area contributed by atoms with E-state index in [1.807, 2.05) is 18.2 Å². The third-order valence-corrected chi connectivity index (χ3v) is 2.56. The summed E-state index contributed by atoms with van der Waals surface area (Å²) in [6, 6.07) is 5.71. The van der Waals surface area contributed by atoms with Crippen molar-refractivity contribution >= 4 is 12.0 Å². The normalized spacial score (nSPS) is 10.7. The maximum absolute atomic E-state index is 10.5. The Kier molecular flexibility index (Phi) is 5.27. The minimum absolute atomic E-state index is 0.809. The average molecular weight is 234 g/mol. The van der Waals surface area contributed by atoms with Crippen LogP contribution in [0.1, 0.15) is 30.9 Å². The van der Waals surface area contributed by atoms with Gasteiger partial charge >= 0.3 is 5.97 Å². The zero-order valence-electron chi connectivity index (χ0n) is 10.3. The van der Waals surface area contributed by atoms with Crippen LogP contribution in [0.3, 0.4) is 0 Å². The van der Waals surface area contributed by atoms with Gasteiger partial charge in [-0.1, -0.05) is 19.4 Å². The van der Waals surface area contributed by atoms with Crippen LogP contribution in [-0.4, -0.2) is 18.2 Å². The van der Waals surface area contributed by atoms with E-state index >= 15 is 0 Å². The molecule has 0 aromatic heterocycles. The van der Waals surface area contributed by atoms with Crippen LogP contribution in [0.5, 0.6) is 5.75 Å². The van der Waals surface area contributed by atoms with Crippen LogP contribution in [0.25, 0.3) is 6.08 Å². The Balaban J connectivity index is 2.97. The summed E-state index contributed by atoms with van der Waals surface area (Å²) >= 11 is 0. The van der Waals surface area contributed by atoms with Crippen molar-refractivity contribution in [1.29, 1.82) is 0 Å². The van der Waals surface area contributed by atoms with Crippen LogP contribution in [-0.2, 0) is 11.2 Å². The van der Waals surface area contributed by atoms with E-state index in [1.165, 1.54) is 0 Å². The number of carboxylic acids is 1. The molecule has 0 fully saturated rings. The molecule has 0 heterocycles. The second kappa shape index (κ2) is 6.74. The smallest absolute Gasteiger partial charge is 0.328 e. The molecule has 0 aliphatic rings. The average Bonchev–Trinajstić information content (AvgIpc) is 2.34. The number of aryl methyl sites for hydroxylation is 1. The van der Waals surface area contributed by atoms with Crippen molar-refractivity contribution in [3.63, 3.8) is 0 Å². The second-order valence-electron chi connectivity index (χ2n) is 3.84. The van der Waals surface area contributed by atoms with Gasteiger partial charge in [-0.3, -0.25) is 0 Å². The lowest BCUT2D eigenvalue weighted by atomic mass is 10.0. The number of rotatable bonds is 6. The first-order chi connectivity index (χ1) is 8.17. The highest BCUT2D eigenvalue weighted by atomic mass is 16.5. The van der Waals surface area contributed by atoms with Gasteiger partial charge in [0.2, 0.25) is 0 Å². The SMILES string of the molecule is CCCCc1cc(OC)ccc1/C=C/C(=O)O. The molecule has 0 spiro atoms. The monoisotopic (exact) mass is 234 g/mol. The molecule has 17 heavy (non-hydrogen) atoms. The van der Waals surface area contributed by atoms with Gasteiger partial charge in [0.15, 0.2) is 0 Å². The molecule has 1 aromatic carbocycles. The van der Waals surface area contributed by atoms with Gasteiger partial charge in [0, 0.05) is 6.08 Å². The van der Waals surface area contributed by atoms with Gasteiger partial charge in [0.25, 0.3) is 0 Å². The van der Waals surface area contributed by atoms with Crippen molar-refractivity contribution < 1.29 is 14.6 Å². The van der Waals surface area contributed by atoms with Gasteiger partial charge in [0.05, 0.1) is 7.11 Å². The van der Waals surface area contributed by atoms with Gasteiger partial charge in [-0.05, 0) is 42.2 Å². The lowest BCUT2D eigenvalue weighted by Gasteiger charge is -2.08. The maximum Gasteiger partial charge on any atom is 0.328 e. The fourth-order valence-corrected chi connectivity index (χ4v) is 1.62. The summed E-state index contributed by atoms with van der Waals surface area (Å²) in [5.41, 5.74) is 2.07. The van der Waals surface area contributed by atoms with E-state index < -0.39 is 5.97 Å². The van der Waals surface area contributed by atoms with E-state index in [0.29, 0.717) is 0 Å². The lowest BCUT2D eigenvalue weighted by molar-refractivity contribution is -0.131. The van der Waals surface area contributed by atoms with Gasteiger partial charge in [-0.25, -0.2) is 4.79 Å². The number of unbranched alkanes of at least 4 members (excludes halogenated alkanes) is 1. The minimum atomic E-state index is -0.928. The molecule has 0 aliphatic heterocycles. The first-order valence-electron chi connectivity index (χ1n) is 5.75. The van der Waals surface area contributed by atoms with Crippen molar-refractivity contribution in [2.24, 2.45) is 0 Å². The van der Waals surface area contributed by atoms with Crippen LogP contribution in [0.2, 0.25) is 0 Å². The fourth-order valence-electron chi connectivity index (χ4n) is 1.62. The highest BCUT2D eigenvalue weighted by molar-refractivity contribution is 5.85. The minimum Gasteiger partial charge on any atom is -0.497 e. The summed E-state index contributed by atoms with van der Waals surface area (Å²) in [5, 5.41) is 8.63. The molecular weight excluding hydrogens is 216 g/mol. The molecule has 0 aliphatic carbocycles. The third kappa shape index (κ3) is 4.31. The fraction of sp³-hybridized carbons (Fsp3) is 0.357. The van der Waals surface area contributed by atoms with Crippen molar-refractivity contribution in [2.75, 3.05) is 7.11 Å². The zero-order chi connectivity index (χ0) is 12.7. The van der Waals surface area contributed by atoms with E-state index in [1.54, 1.807) is 13.2 Å². The number of benzene rings is 1. The molecule has 0 unspecified atom stereocenters. The summed E-state index contributed by atoms with van der Waals surface area (Å²) in [6.07, 6.45) is 5.93. The summed E-state index contributed by atoms with van der Waals surface area (Å²) in [7, 11) is 1.63. The molecule has 1 rings (SSSR count). The predicted molar refractivity (Wildman–Crippen MR) is 68.3 cm³/mol. The van der Waals surface area contributed by atoms with Crippen LogP contribution in [0.15, 0.2) is 24.3 Å². The molecule has 0 saturated heterocycles. The number of carboxylic acid groups (broad SMARTS) is 1. The topological polar surface area (TPSA) is 46.5 Å². The zero-order valence-corrected chi connectivity index (χ0v) is 10.3. The Bertz CT molecular complexity index is 408. The van der Waals surface area contributed by atoms with Crippen LogP contribution in [0, 0.1) is 0 Å². The standard InChI is InChI=1S/C14H18O3/c1-3-4-5-12-10-13(17-2)8-6-11(12)7-9-14(15)16/h6-10H,3-5H2,1-2H3,(H,15,16)/b9-7+. The lowest BCUT2D eigenvalue weighted by Crippen LogP contribution is -1.93. The maximum atomic E-state index is 10.5. The highest BCUT2D eigenvalue weighted by Gasteiger charge is 2.02. The quantitative estimate of drug-likeness (QED) is 0.769. The molecule has 3 heteroatoms. The van der Waals surface area contributed by atoms with Crippen molar-refractivity contribution in [2.45, 2.75) is 26.2 Å². The molecule has 3 nitrogen and oxygen atoms in total. The molecular formula is C14H18O3. The van der Waals surface area contributed by atoms with Gasteiger partial charge in [-0.15, -0.1) is 0 Å². The summed E-state index contributed by atoms with van der Waals surface area (Å²) in [6.45, 7) is 2.13. The first-order valence-corrected chi connectivity index (χ1v) is 5.75. The Morgan fingerprint density at radius 2 is 2.24 bits per heavy atom. The van der Waals surface area contributed by atoms with Crippen molar-refractivity contribution in [3.05, 3.63) is 35.4 Å². The van der Waals surface area contributed by atoms with Crippen molar-refractivity contribution in [3.8, 4) is 5.75 Å². The Morgan fingerprint density at radius 3 is 2.82 bits per heavy atom. The summed E-state index contributed by atoms with van der Waals surface area (Å²) in [5.74, 6) is -0.120. The Labute approximate surface area is 102 Å². The van der Waals surface area contributed by atoms with Crippen LogP contribution in [0.4, 0.5) is 0 Å². The molecule has 1 N–H and O–H groups in total. The van der Waals surface area contributed by atoms with E-state index in [2.05, 4.69) is 6.92 Å². The van der Waals surface area contributed by atoms with E-state index in [4.69, 9.17) is 9.84 Å². The molecule has 1 aromatic rings. The Morgan fingerprint density at radius 1 is 1.47 bits per heavy atom. The summed E-state index contributed by atoms with van der Waals surface area (Å²) < 4.78 is 5.17. The number of ether oxygens (including phenoxy) is 1. The van der Waals surface area contributed by atoms with Crippen LogP contribution >= 0.6 is 0 Å². The first kappa shape index (κ1) is 13.3. The second-order valence-corrected chi connectivity index (χ2v) is 3.84. The summed E-state index contributed by atoms with van der Waals surface area (Å²) in [4.78, 5) is 10.5. The number of carbonyl (C=O) groups is 1.